The van der Waals surface area contributed by atoms with E-state index in [1.807, 2.05) is 20.8 Å². The second-order valence-corrected chi connectivity index (χ2v) is 7.41. The minimum atomic E-state index is -3.50. The topological polar surface area (TPSA) is 62.3 Å². The van der Waals surface area contributed by atoms with Crippen LogP contribution in [0.15, 0.2) is 23.2 Å². The van der Waals surface area contributed by atoms with Gasteiger partial charge in [0.1, 0.15) is 10.7 Å². The number of pyridine rings is 1. The monoisotopic (exact) mass is 299 g/mol. The first kappa shape index (κ1) is 16.9. The van der Waals surface area contributed by atoms with Gasteiger partial charge in [0.05, 0.1) is 0 Å². The first-order valence-electron chi connectivity index (χ1n) is 6.94. The maximum Gasteiger partial charge on any atom is 0.244 e. The van der Waals surface area contributed by atoms with Crippen LogP contribution in [-0.2, 0) is 10.0 Å². The molecule has 1 N–H and O–H groups in total. The molecule has 0 unspecified atom stereocenters. The molecule has 0 aliphatic carbocycles. The van der Waals surface area contributed by atoms with Crippen molar-refractivity contribution in [1.82, 2.24) is 9.29 Å². The highest BCUT2D eigenvalue weighted by molar-refractivity contribution is 7.89. The molecular formula is C14H25N3O2S. The SMILES string of the molecule is CCCNc1ccc(S(=O)(=O)N(C)C(C)(C)CC)cn1. The number of nitrogens with zero attached hydrogens (tertiary/aromatic N) is 2. The highest BCUT2D eigenvalue weighted by Crippen LogP contribution is 2.25. The second kappa shape index (κ2) is 6.54. The summed E-state index contributed by atoms with van der Waals surface area (Å²) in [7, 11) is -1.89. The van der Waals surface area contributed by atoms with E-state index < -0.39 is 15.6 Å². The van der Waals surface area contributed by atoms with E-state index in [1.165, 1.54) is 10.5 Å². The fourth-order valence-electron chi connectivity index (χ4n) is 1.60. The van der Waals surface area contributed by atoms with Crippen molar-refractivity contribution in [2.45, 2.75) is 51.0 Å². The Bertz CT molecular complexity index is 524. The van der Waals surface area contributed by atoms with Crippen molar-refractivity contribution < 1.29 is 8.42 Å². The molecule has 6 heteroatoms. The molecule has 1 aromatic heterocycles. The van der Waals surface area contributed by atoms with Crippen LogP contribution < -0.4 is 5.32 Å². The third-order valence-electron chi connectivity index (χ3n) is 3.67. The van der Waals surface area contributed by atoms with Gasteiger partial charge in [0.2, 0.25) is 10.0 Å². The zero-order chi connectivity index (χ0) is 15.4. The lowest BCUT2D eigenvalue weighted by Gasteiger charge is -2.33. The largest absolute Gasteiger partial charge is 0.370 e. The van der Waals surface area contributed by atoms with Gasteiger partial charge >= 0.3 is 0 Å². The first-order valence-corrected chi connectivity index (χ1v) is 8.38. The number of nitrogens with one attached hydrogen (secondary N) is 1. The predicted molar refractivity (Wildman–Crippen MR) is 82.3 cm³/mol. The normalized spacial score (nSPS) is 12.7. The zero-order valence-electron chi connectivity index (χ0n) is 13.0. The zero-order valence-corrected chi connectivity index (χ0v) is 13.8. The standard InChI is InChI=1S/C14H25N3O2S/c1-6-10-15-13-9-8-12(11-16-13)20(18,19)17(5)14(3,4)7-2/h8-9,11H,6-7,10H2,1-5H3,(H,15,16). The van der Waals surface area contributed by atoms with Gasteiger partial charge in [-0.2, -0.15) is 4.31 Å². The molecule has 0 aliphatic rings. The Labute approximate surface area is 122 Å². The quantitative estimate of drug-likeness (QED) is 0.841. The number of aromatic nitrogens is 1. The fourth-order valence-corrected chi connectivity index (χ4v) is 3.12. The average Bonchev–Trinajstić information content (AvgIpc) is 2.44. The Morgan fingerprint density at radius 3 is 2.40 bits per heavy atom. The van der Waals surface area contributed by atoms with E-state index in [2.05, 4.69) is 17.2 Å². The van der Waals surface area contributed by atoms with Gasteiger partial charge in [0.15, 0.2) is 0 Å². The van der Waals surface area contributed by atoms with Crippen molar-refractivity contribution in [1.29, 1.82) is 0 Å². The number of anilines is 1. The second-order valence-electron chi connectivity index (χ2n) is 5.44. The average molecular weight is 299 g/mol. The van der Waals surface area contributed by atoms with E-state index in [4.69, 9.17) is 0 Å². The molecule has 1 aromatic rings. The third-order valence-corrected chi connectivity index (χ3v) is 5.72. The molecule has 0 atom stereocenters. The summed E-state index contributed by atoms with van der Waals surface area (Å²) < 4.78 is 26.5. The number of sulfonamides is 1. The molecule has 0 aromatic carbocycles. The summed E-state index contributed by atoms with van der Waals surface area (Å²) >= 11 is 0. The van der Waals surface area contributed by atoms with Gasteiger partial charge in [0.25, 0.3) is 0 Å². The molecule has 0 saturated carbocycles. The summed E-state index contributed by atoms with van der Waals surface area (Å²) in [4.78, 5) is 4.38. The Morgan fingerprint density at radius 1 is 1.30 bits per heavy atom. The van der Waals surface area contributed by atoms with Crippen LogP contribution in [0, 0.1) is 0 Å². The number of hydrogen-bond donors (Lipinski definition) is 1. The molecule has 114 valence electrons. The van der Waals surface area contributed by atoms with E-state index in [0.717, 1.165) is 19.4 Å². The van der Waals surface area contributed by atoms with Crippen LogP contribution in [0.5, 0.6) is 0 Å². The van der Waals surface area contributed by atoms with Crippen LogP contribution in [0.25, 0.3) is 0 Å². The first-order chi connectivity index (χ1) is 9.25. The molecule has 1 heterocycles. The van der Waals surface area contributed by atoms with E-state index in [9.17, 15) is 8.42 Å². The molecule has 5 nitrogen and oxygen atoms in total. The smallest absolute Gasteiger partial charge is 0.244 e. The Morgan fingerprint density at radius 2 is 1.95 bits per heavy atom. The molecule has 0 aliphatic heterocycles. The molecule has 20 heavy (non-hydrogen) atoms. The highest BCUT2D eigenvalue weighted by Gasteiger charge is 2.32. The van der Waals surface area contributed by atoms with Crippen molar-refractivity contribution in [3.63, 3.8) is 0 Å². The van der Waals surface area contributed by atoms with Gasteiger partial charge in [-0.3, -0.25) is 0 Å². The van der Waals surface area contributed by atoms with Crippen LogP contribution in [0.1, 0.15) is 40.5 Å². The summed E-state index contributed by atoms with van der Waals surface area (Å²) in [6.45, 7) is 8.68. The van der Waals surface area contributed by atoms with Crippen LogP contribution in [0.4, 0.5) is 5.82 Å². The predicted octanol–water partition coefficient (Wildman–Crippen LogP) is 2.71. The van der Waals surface area contributed by atoms with E-state index in [1.54, 1.807) is 19.2 Å². The Hall–Kier alpha value is -1.14. The molecule has 0 saturated heterocycles. The van der Waals surface area contributed by atoms with Crippen molar-refractivity contribution in [2.24, 2.45) is 0 Å². The molecule has 0 bridgehead atoms. The molecular weight excluding hydrogens is 274 g/mol. The van der Waals surface area contributed by atoms with Crippen molar-refractivity contribution in [3.05, 3.63) is 18.3 Å². The van der Waals surface area contributed by atoms with E-state index >= 15 is 0 Å². The van der Waals surface area contributed by atoms with Gasteiger partial charge in [-0.25, -0.2) is 13.4 Å². The lowest BCUT2D eigenvalue weighted by atomic mass is 10.0. The summed E-state index contributed by atoms with van der Waals surface area (Å²) in [6.07, 6.45) is 3.15. The summed E-state index contributed by atoms with van der Waals surface area (Å²) in [5, 5.41) is 3.12. The van der Waals surface area contributed by atoms with Crippen molar-refractivity contribution in [3.8, 4) is 0 Å². The van der Waals surface area contributed by atoms with Gasteiger partial charge in [0, 0.05) is 25.3 Å². The third kappa shape index (κ3) is 3.70. The summed E-state index contributed by atoms with van der Waals surface area (Å²) in [5.74, 6) is 0.697. The number of hydrogen-bond acceptors (Lipinski definition) is 4. The van der Waals surface area contributed by atoms with Crippen LogP contribution >= 0.6 is 0 Å². The molecule has 0 spiro atoms. The van der Waals surface area contributed by atoms with Crippen molar-refractivity contribution >= 4 is 15.8 Å². The van der Waals surface area contributed by atoms with Crippen LogP contribution in [-0.4, -0.2) is 36.8 Å². The van der Waals surface area contributed by atoms with Crippen LogP contribution in [0.3, 0.4) is 0 Å². The van der Waals surface area contributed by atoms with Gasteiger partial charge < -0.3 is 5.32 Å². The van der Waals surface area contributed by atoms with E-state index in [0.29, 0.717) is 5.82 Å². The Balaban J connectivity index is 2.99. The number of rotatable bonds is 7. The van der Waals surface area contributed by atoms with Crippen molar-refractivity contribution in [2.75, 3.05) is 18.9 Å². The molecule has 0 fully saturated rings. The Kier molecular flexibility index (Phi) is 5.53. The summed E-state index contributed by atoms with van der Waals surface area (Å²) in [5.41, 5.74) is -0.419. The minimum Gasteiger partial charge on any atom is -0.370 e. The lowest BCUT2D eigenvalue weighted by molar-refractivity contribution is 0.257. The highest BCUT2D eigenvalue weighted by atomic mass is 32.2. The van der Waals surface area contributed by atoms with E-state index in [-0.39, 0.29) is 4.90 Å². The summed E-state index contributed by atoms with van der Waals surface area (Å²) in [6, 6.07) is 3.30. The molecule has 0 amide bonds. The fraction of sp³-hybridized carbons (Fsp3) is 0.643. The maximum absolute atomic E-state index is 12.5. The molecule has 1 rings (SSSR count). The maximum atomic E-state index is 12.5. The van der Waals surface area contributed by atoms with Gasteiger partial charge in [-0.1, -0.05) is 13.8 Å². The van der Waals surface area contributed by atoms with Gasteiger partial charge in [-0.05, 0) is 38.8 Å². The minimum absolute atomic E-state index is 0.226. The van der Waals surface area contributed by atoms with Gasteiger partial charge in [-0.15, -0.1) is 0 Å². The molecule has 0 radical (unpaired) electrons. The van der Waals surface area contributed by atoms with Crippen LogP contribution in [0.2, 0.25) is 0 Å². The lowest BCUT2D eigenvalue weighted by Crippen LogP contribution is -2.44.